The highest BCUT2D eigenvalue weighted by atomic mass is 16.6. The Balaban J connectivity index is 1.44. The topological polar surface area (TPSA) is 134 Å². The van der Waals surface area contributed by atoms with Crippen molar-refractivity contribution >= 4 is 12.2 Å². The van der Waals surface area contributed by atoms with E-state index in [1.165, 1.54) is 0 Å². The number of aromatic nitrogens is 4. The molecule has 46 heavy (non-hydrogen) atoms. The van der Waals surface area contributed by atoms with E-state index < -0.39 is 23.4 Å². The highest BCUT2D eigenvalue weighted by molar-refractivity contribution is 5.72. The lowest BCUT2D eigenvalue weighted by Gasteiger charge is -2.24. The van der Waals surface area contributed by atoms with E-state index in [9.17, 15) is 9.59 Å². The van der Waals surface area contributed by atoms with Gasteiger partial charge in [0.1, 0.15) is 22.9 Å². The van der Waals surface area contributed by atoms with Crippen LogP contribution >= 0.6 is 0 Å². The van der Waals surface area contributed by atoms with Gasteiger partial charge in [-0.05, 0) is 75.6 Å². The average molecular weight is 629 g/mol. The summed E-state index contributed by atoms with van der Waals surface area (Å²) in [6, 6.07) is 15.9. The molecule has 2 amide bonds. The highest BCUT2D eigenvalue weighted by Crippen LogP contribution is 2.29. The molecule has 2 heterocycles. The number of imidazole rings is 2. The fraction of sp³-hybridized carbons (Fsp3) is 0.444. The molecule has 0 bridgehead atoms. The quantitative estimate of drug-likeness (QED) is 0.147. The van der Waals surface area contributed by atoms with Crippen molar-refractivity contribution in [3.8, 4) is 33.6 Å². The summed E-state index contributed by atoms with van der Waals surface area (Å²) in [6.45, 7) is 19.2. The van der Waals surface area contributed by atoms with E-state index in [-0.39, 0.29) is 23.9 Å². The van der Waals surface area contributed by atoms with Gasteiger partial charge in [-0.25, -0.2) is 19.6 Å². The molecule has 0 aliphatic rings. The second kappa shape index (κ2) is 13.8. The summed E-state index contributed by atoms with van der Waals surface area (Å²) in [5, 5.41) is 5.89. The number of rotatable bonds is 9. The number of H-pyrrole nitrogens is 2. The molecule has 0 spiro atoms. The average Bonchev–Trinajstić information content (AvgIpc) is 3.63. The van der Waals surface area contributed by atoms with Gasteiger partial charge < -0.3 is 30.1 Å². The van der Waals surface area contributed by atoms with Crippen molar-refractivity contribution in [1.29, 1.82) is 0 Å². The summed E-state index contributed by atoms with van der Waals surface area (Å²) in [5.41, 5.74) is 4.70. The first kappa shape index (κ1) is 34.3. The molecule has 0 unspecified atom stereocenters. The third kappa shape index (κ3) is 9.22. The van der Waals surface area contributed by atoms with Crippen LogP contribution in [0.25, 0.3) is 33.6 Å². The molecule has 0 aliphatic heterocycles. The first-order valence-electron chi connectivity index (χ1n) is 15.8. The predicted molar refractivity (Wildman–Crippen MR) is 181 cm³/mol. The molecule has 246 valence electrons. The van der Waals surface area contributed by atoms with E-state index in [0.29, 0.717) is 11.6 Å². The molecule has 10 heteroatoms. The zero-order valence-electron chi connectivity index (χ0n) is 28.6. The van der Waals surface area contributed by atoms with Crippen molar-refractivity contribution in [2.75, 3.05) is 0 Å². The number of amides is 2. The van der Waals surface area contributed by atoms with Crippen molar-refractivity contribution < 1.29 is 19.1 Å². The Labute approximate surface area is 272 Å². The number of benzene rings is 2. The van der Waals surface area contributed by atoms with Gasteiger partial charge in [0.05, 0.1) is 35.9 Å². The zero-order chi connectivity index (χ0) is 33.8. The van der Waals surface area contributed by atoms with Gasteiger partial charge in [0, 0.05) is 0 Å². The Hall–Kier alpha value is -4.60. The smallest absolute Gasteiger partial charge is 0.408 e. The van der Waals surface area contributed by atoms with E-state index in [1.54, 1.807) is 12.4 Å². The van der Waals surface area contributed by atoms with Crippen LogP contribution in [-0.4, -0.2) is 43.3 Å². The number of nitrogens with one attached hydrogen (secondary N) is 4. The first-order chi connectivity index (χ1) is 21.5. The van der Waals surface area contributed by atoms with E-state index in [4.69, 9.17) is 9.47 Å². The molecule has 2 aromatic carbocycles. The van der Waals surface area contributed by atoms with Gasteiger partial charge in [0.15, 0.2) is 0 Å². The lowest BCUT2D eigenvalue weighted by Crippen LogP contribution is -2.37. The van der Waals surface area contributed by atoms with Crippen molar-refractivity contribution in [3.63, 3.8) is 0 Å². The van der Waals surface area contributed by atoms with E-state index >= 15 is 0 Å². The monoisotopic (exact) mass is 628 g/mol. The molecule has 0 saturated carbocycles. The second-order valence-electron chi connectivity index (χ2n) is 14.3. The normalized spacial score (nSPS) is 13.4. The Morgan fingerprint density at radius 3 is 1.17 bits per heavy atom. The number of hydrogen-bond donors (Lipinski definition) is 4. The molecule has 2 aromatic heterocycles. The number of ether oxygens (including phenoxy) is 2. The maximum atomic E-state index is 12.4. The number of alkyl carbamates (subject to hydrolysis) is 2. The third-order valence-corrected chi connectivity index (χ3v) is 7.18. The van der Waals surface area contributed by atoms with Crippen molar-refractivity contribution in [3.05, 3.63) is 72.6 Å². The lowest BCUT2D eigenvalue weighted by molar-refractivity contribution is 0.0475. The second-order valence-corrected chi connectivity index (χ2v) is 14.3. The highest BCUT2D eigenvalue weighted by Gasteiger charge is 2.26. The molecule has 0 fully saturated rings. The Bertz CT molecular complexity index is 1480. The maximum Gasteiger partial charge on any atom is 0.408 e. The summed E-state index contributed by atoms with van der Waals surface area (Å²) in [6.07, 6.45) is 2.64. The molecule has 10 nitrogen and oxygen atoms in total. The summed E-state index contributed by atoms with van der Waals surface area (Å²) >= 11 is 0. The molecule has 0 radical (unpaired) electrons. The molecule has 4 aromatic rings. The van der Waals surface area contributed by atoms with Gasteiger partial charge in [0.25, 0.3) is 0 Å². The number of carbonyl (C=O) groups excluding carboxylic acids is 2. The lowest BCUT2D eigenvalue weighted by atomic mass is 10.0. The Kier molecular flexibility index (Phi) is 10.3. The molecule has 4 rings (SSSR count). The van der Waals surface area contributed by atoms with Crippen LogP contribution in [0.1, 0.15) is 93.0 Å². The van der Waals surface area contributed by atoms with Crippen molar-refractivity contribution in [2.45, 2.75) is 92.5 Å². The van der Waals surface area contributed by atoms with Gasteiger partial charge in [0.2, 0.25) is 0 Å². The van der Waals surface area contributed by atoms with Crippen LogP contribution in [0.15, 0.2) is 60.9 Å². The Morgan fingerprint density at radius 2 is 0.891 bits per heavy atom. The number of aromatic amines is 2. The minimum Gasteiger partial charge on any atom is -0.444 e. The van der Waals surface area contributed by atoms with Crippen LogP contribution < -0.4 is 10.6 Å². The molecule has 0 aliphatic carbocycles. The standard InChI is InChI=1S/C36H48N6O4/c1-21(2)29(41-33(43)45-35(5,6)7)31-37-19-27(39-31)25-15-11-23(12-16-25)24-13-17-26(18-14-24)28-20-38-32(40-28)30(22(3)4)42-34(44)46-36(8,9)10/h11-22,29-30H,1-10H3,(H,37,39)(H,38,40)(H,41,43)(H,42,44)/t29-,30-/m0/s1. The van der Waals surface area contributed by atoms with Crippen LogP contribution in [0, 0.1) is 11.8 Å². The predicted octanol–water partition coefficient (Wildman–Crippen LogP) is 8.58. The van der Waals surface area contributed by atoms with Crippen LogP contribution in [0.2, 0.25) is 0 Å². The molecule has 4 N–H and O–H groups in total. The fourth-order valence-corrected chi connectivity index (χ4v) is 4.94. The zero-order valence-corrected chi connectivity index (χ0v) is 28.6. The van der Waals surface area contributed by atoms with Crippen molar-refractivity contribution in [1.82, 2.24) is 30.6 Å². The van der Waals surface area contributed by atoms with Gasteiger partial charge in [-0.1, -0.05) is 76.2 Å². The summed E-state index contributed by atoms with van der Waals surface area (Å²) < 4.78 is 10.9. The molecule has 0 saturated heterocycles. The molecular weight excluding hydrogens is 580 g/mol. The molecule has 2 atom stereocenters. The largest absolute Gasteiger partial charge is 0.444 e. The molecular formula is C36H48N6O4. The Morgan fingerprint density at radius 1 is 0.587 bits per heavy atom. The van der Waals surface area contributed by atoms with E-state index in [2.05, 4.69) is 79.1 Å². The van der Waals surface area contributed by atoms with E-state index in [0.717, 1.165) is 33.6 Å². The first-order valence-corrected chi connectivity index (χ1v) is 15.8. The number of carbonyl (C=O) groups is 2. The number of hydrogen-bond acceptors (Lipinski definition) is 6. The SMILES string of the molecule is CC(C)[C@H](NC(=O)OC(C)(C)C)c1ncc(-c2ccc(-c3ccc(-c4cnc([C@@H](NC(=O)OC(C)(C)C)C(C)C)[nH]4)cc3)cc2)[nH]1. The fourth-order valence-electron chi connectivity index (χ4n) is 4.94. The third-order valence-electron chi connectivity index (χ3n) is 7.18. The van der Waals surface area contributed by atoms with Crippen LogP contribution in [-0.2, 0) is 9.47 Å². The van der Waals surface area contributed by atoms with Crippen LogP contribution in [0.3, 0.4) is 0 Å². The van der Waals surface area contributed by atoms with Gasteiger partial charge in [-0.2, -0.15) is 0 Å². The maximum absolute atomic E-state index is 12.4. The van der Waals surface area contributed by atoms with Gasteiger partial charge >= 0.3 is 12.2 Å². The summed E-state index contributed by atoms with van der Waals surface area (Å²) in [5.74, 6) is 1.57. The van der Waals surface area contributed by atoms with Crippen molar-refractivity contribution in [2.24, 2.45) is 11.8 Å². The minimum absolute atomic E-state index is 0.107. The van der Waals surface area contributed by atoms with E-state index in [1.807, 2.05) is 69.2 Å². The number of nitrogens with zero attached hydrogens (tertiary/aromatic N) is 2. The minimum atomic E-state index is -0.579. The van der Waals surface area contributed by atoms with Gasteiger partial charge in [-0.15, -0.1) is 0 Å². The van der Waals surface area contributed by atoms with Crippen LogP contribution in [0.4, 0.5) is 9.59 Å². The summed E-state index contributed by atoms with van der Waals surface area (Å²) in [4.78, 5) is 40.8. The summed E-state index contributed by atoms with van der Waals surface area (Å²) in [7, 11) is 0. The van der Waals surface area contributed by atoms with Crippen LogP contribution in [0.5, 0.6) is 0 Å². The van der Waals surface area contributed by atoms with Gasteiger partial charge in [-0.3, -0.25) is 0 Å².